The smallest absolute Gasteiger partial charge is 0.241 e. The van der Waals surface area contributed by atoms with Crippen LogP contribution in [0.5, 0.6) is 0 Å². The summed E-state index contributed by atoms with van der Waals surface area (Å²) in [6.07, 6.45) is 5.12. The monoisotopic (exact) mass is 407 g/mol. The highest BCUT2D eigenvalue weighted by Gasteiger charge is 2.38. The van der Waals surface area contributed by atoms with Crippen LogP contribution in [0.25, 0.3) is 27.9 Å². The fraction of sp³-hybridized carbons (Fsp3) is 0.429. The Hall–Kier alpha value is -3.04. The van der Waals surface area contributed by atoms with Gasteiger partial charge >= 0.3 is 0 Å². The molecule has 9 heteroatoms. The highest BCUT2D eigenvalue weighted by molar-refractivity contribution is 5.82. The number of nitrogens with zero attached hydrogens (tertiary/aromatic N) is 6. The molecule has 9 nitrogen and oxygen atoms in total. The van der Waals surface area contributed by atoms with E-state index in [1.54, 1.807) is 17.8 Å². The lowest BCUT2D eigenvalue weighted by Gasteiger charge is -2.41. The number of aryl methyl sites for hydroxylation is 1. The quantitative estimate of drug-likeness (QED) is 0.506. The van der Waals surface area contributed by atoms with Gasteiger partial charge in [-0.1, -0.05) is 0 Å². The zero-order chi connectivity index (χ0) is 20.9. The Morgan fingerprint density at radius 2 is 2.10 bits per heavy atom. The third-order valence-corrected chi connectivity index (χ3v) is 5.70. The maximum Gasteiger partial charge on any atom is 0.241 e. The third kappa shape index (κ3) is 3.29. The molecule has 0 unspecified atom stereocenters. The molecule has 0 atom stereocenters. The molecule has 1 aliphatic rings. The number of aliphatic hydroxyl groups is 1. The molecule has 1 aliphatic carbocycles. The number of fused-ring (bicyclic) bond motifs is 2. The summed E-state index contributed by atoms with van der Waals surface area (Å²) < 4.78 is 9.11. The van der Waals surface area contributed by atoms with Crippen molar-refractivity contribution in [3.8, 4) is 11.3 Å². The third-order valence-electron chi connectivity index (χ3n) is 5.70. The summed E-state index contributed by atoms with van der Waals surface area (Å²) in [7, 11) is 1.69. The first kappa shape index (κ1) is 19.0. The number of pyridine rings is 1. The highest BCUT2D eigenvalue weighted by atomic mass is 16.5. The van der Waals surface area contributed by atoms with Crippen LogP contribution in [0.1, 0.15) is 25.6 Å². The standard InChI is InChI=1S/C21H25N7O2/c1-13-23-17-5-4-16(25-19(17)27(13)8-9-30-3)15-6-7-28-18(15)12-22-20(26-28)24-14-10-21(2,29)11-14/h4-7,12,14,29H,8-11H2,1-3H3,(H,24,26). The second-order valence-corrected chi connectivity index (χ2v) is 8.23. The van der Waals surface area contributed by atoms with Gasteiger partial charge in [0.15, 0.2) is 5.65 Å². The zero-order valence-corrected chi connectivity index (χ0v) is 17.3. The van der Waals surface area contributed by atoms with Crippen molar-refractivity contribution in [1.82, 2.24) is 29.1 Å². The molecule has 0 saturated heterocycles. The summed E-state index contributed by atoms with van der Waals surface area (Å²) in [5.74, 6) is 1.48. The van der Waals surface area contributed by atoms with E-state index in [1.165, 1.54) is 0 Å². The van der Waals surface area contributed by atoms with Crippen LogP contribution in [0.3, 0.4) is 0 Å². The molecular formula is C21H25N7O2. The minimum Gasteiger partial charge on any atom is -0.390 e. The van der Waals surface area contributed by atoms with Crippen molar-refractivity contribution in [2.75, 3.05) is 19.0 Å². The van der Waals surface area contributed by atoms with Crippen LogP contribution in [0.15, 0.2) is 30.6 Å². The summed E-state index contributed by atoms with van der Waals surface area (Å²) in [6, 6.07) is 6.18. The average Bonchev–Trinajstić information content (AvgIpc) is 3.24. The maximum atomic E-state index is 9.90. The minimum absolute atomic E-state index is 0.201. The SMILES string of the molecule is COCCn1c(C)nc2ccc(-c3ccn4nc(NC5CC(C)(O)C5)ncc34)nc21. The fourth-order valence-electron chi connectivity index (χ4n) is 4.18. The van der Waals surface area contributed by atoms with Gasteiger partial charge in [-0.3, -0.25) is 0 Å². The molecule has 0 spiro atoms. The number of nitrogens with one attached hydrogen (secondary N) is 1. The lowest BCUT2D eigenvalue weighted by molar-refractivity contribution is -0.0236. The summed E-state index contributed by atoms with van der Waals surface area (Å²) in [5, 5.41) is 17.8. The van der Waals surface area contributed by atoms with E-state index in [-0.39, 0.29) is 6.04 Å². The van der Waals surface area contributed by atoms with Gasteiger partial charge in [-0.2, -0.15) is 0 Å². The van der Waals surface area contributed by atoms with E-state index < -0.39 is 5.60 Å². The molecule has 4 heterocycles. The molecule has 0 amide bonds. The molecule has 0 aliphatic heterocycles. The molecule has 0 aromatic carbocycles. The van der Waals surface area contributed by atoms with E-state index in [0.29, 0.717) is 31.9 Å². The van der Waals surface area contributed by atoms with Crippen molar-refractivity contribution in [3.63, 3.8) is 0 Å². The van der Waals surface area contributed by atoms with Gasteiger partial charge in [-0.05, 0) is 44.9 Å². The van der Waals surface area contributed by atoms with Crippen LogP contribution in [0, 0.1) is 6.92 Å². The molecule has 156 valence electrons. The van der Waals surface area contributed by atoms with Gasteiger partial charge in [0.1, 0.15) is 11.3 Å². The topological polar surface area (TPSA) is 102 Å². The molecule has 4 aromatic heterocycles. The van der Waals surface area contributed by atoms with Crippen LogP contribution >= 0.6 is 0 Å². The van der Waals surface area contributed by atoms with Gasteiger partial charge in [0, 0.05) is 31.5 Å². The molecule has 5 rings (SSSR count). The summed E-state index contributed by atoms with van der Waals surface area (Å²) >= 11 is 0. The van der Waals surface area contributed by atoms with E-state index in [2.05, 4.69) is 25.0 Å². The normalized spacial score (nSPS) is 21.3. The Morgan fingerprint density at radius 3 is 2.87 bits per heavy atom. The molecule has 1 fully saturated rings. The Morgan fingerprint density at radius 1 is 1.27 bits per heavy atom. The zero-order valence-electron chi connectivity index (χ0n) is 17.3. The van der Waals surface area contributed by atoms with Gasteiger partial charge in [0.05, 0.1) is 29.6 Å². The number of hydrogen-bond acceptors (Lipinski definition) is 7. The summed E-state index contributed by atoms with van der Waals surface area (Å²) in [5.41, 5.74) is 3.83. The number of hydrogen-bond donors (Lipinski definition) is 2. The van der Waals surface area contributed by atoms with Crippen molar-refractivity contribution >= 4 is 22.6 Å². The minimum atomic E-state index is -0.583. The largest absolute Gasteiger partial charge is 0.390 e. The van der Waals surface area contributed by atoms with Crippen LogP contribution in [-0.4, -0.2) is 59.6 Å². The predicted molar refractivity (Wildman–Crippen MR) is 113 cm³/mol. The molecule has 0 bridgehead atoms. The maximum absolute atomic E-state index is 9.90. The highest BCUT2D eigenvalue weighted by Crippen LogP contribution is 2.33. The van der Waals surface area contributed by atoms with E-state index in [4.69, 9.17) is 9.72 Å². The molecule has 2 N–H and O–H groups in total. The lowest BCUT2D eigenvalue weighted by atomic mass is 9.77. The van der Waals surface area contributed by atoms with Gasteiger partial charge in [0.2, 0.25) is 5.95 Å². The van der Waals surface area contributed by atoms with E-state index in [9.17, 15) is 5.11 Å². The first-order valence-corrected chi connectivity index (χ1v) is 10.1. The molecule has 0 radical (unpaired) electrons. The number of anilines is 1. The Bertz CT molecular complexity index is 1220. The Balaban J connectivity index is 1.46. The van der Waals surface area contributed by atoms with Crippen LogP contribution in [0.2, 0.25) is 0 Å². The fourth-order valence-corrected chi connectivity index (χ4v) is 4.18. The van der Waals surface area contributed by atoms with Gasteiger partial charge < -0.3 is 19.7 Å². The second kappa shape index (κ2) is 7.03. The number of ether oxygens (including phenoxy) is 1. The van der Waals surface area contributed by atoms with Crippen molar-refractivity contribution < 1.29 is 9.84 Å². The molecule has 1 saturated carbocycles. The number of aromatic nitrogens is 6. The predicted octanol–water partition coefficient (Wildman–Crippen LogP) is 2.42. The first-order valence-electron chi connectivity index (χ1n) is 10.1. The van der Waals surface area contributed by atoms with Crippen LogP contribution in [0.4, 0.5) is 5.95 Å². The number of rotatable bonds is 6. The lowest BCUT2D eigenvalue weighted by Crippen LogP contribution is -2.48. The van der Waals surface area contributed by atoms with Gasteiger partial charge in [0.25, 0.3) is 0 Å². The number of imidazole rings is 1. The summed E-state index contributed by atoms with van der Waals surface area (Å²) in [4.78, 5) is 14.0. The Labute approximate surface area is 173 Å². The van der Waals surface area contributed by atoms with Crippen molar-refractivity contribution in [3.05, 3.63) is 36.4 Å². The van der Waals surface area contributed by atoms with Crippen molar-refractivity contribution in [2.45, 2.75) is 44.9 Å². The molecular weight excluding hydrogens is 382 g/mol. The summed E-state index contributed by atoms with van der Waals surface area (Å²) in [6.45, 7) is 5.14. The van der Waals surface area contributed by atoms with Crippen LogP contribution in [-0.2, 0) is 11.3 Å². The van der Waals surface area contributed by atoms with E-state index in [1.807, 2.05) is 38.2 Å². The average molecular weight is 407 g/mol. The van der Waals surface area contributed by atoms with Crippen molar-refractivity contribution in [1.29, 1.82) is 0 Å². The van der Waals surface area contributed by atoms with Gasteiger partial charge in [-0.25, -0.2) is 19.5 Å². The Kier molecular flexibility index (Phi) is 4.44. The number of methoxy groups -OCH3 is 1. The van der Waals surface area contributed by atoms with E-state index in [0.717, 1.165) is 33.8 Å². The van der Waals surface area contributed by atoms with Crippen molar-refractivity contribution in [2.24, 2.45) is 0 Å². The molecule has 30 heavy (non-hydrogen) atoms. The van der Waals surface area contributed by atoms with E-state index >= 15 is 0 Å². The molecule has 4 aromatic rings. The second-order valence-electron chi connectivity index (χ2n) is 8.23. The first-order chi connectivity index (χ1) is 14.4. The van der Waals surface area contributed by atoms with Gasteiger partial charge in [-0.15, -0.1) is 5.10 Å². The van der Waals surface area contributed by atoms with Crippen LogP contribution < -0.4 is 5.32 Å².